The van der Waals surface area contributed by atoms with Gasteiger partial charge in [0.2, 0.25) is 0 Å². The van der Waals surface area contributed by atoms with Crippen molar-refractivity contribution in [2.24, 2.45) is 0 Å². The van der Waals surface area contributed by atoms with Gasteiger partial charge in [0.05, 0.1) is 6.20 Å². The van der Waals surface area contributed by atoms with Crippen LogP contribution in [-0.4, -0.2) is 49.5 Å². The number of likely N-dealkylation sites (tertiary alicyclic amines) is 1. The van der Waals surface area contributed by atoms with Gasteiger partial charge in [-0.15, -0.1) is 0 Å². The molecule has 7 nitrogen and oxygen atoms in total. The lowest BCUT2D eigenvalue weighted by Gasteiger charge is -2.33. The van der Waals surface area contributed by atoms with Crippen LogP contribution in [0, 0.1) is 0 Å². The van der Waals surface area contributed by atoms with E-state index in [9.17, 15) is 4.79 Å². The molecule has 0 saturated carbocycles. The van der Waals surface area contributed by atoms with E-state index in [1.807, 2.05) is 15.5 Å². The third-order valence-electron chi connectivity index (χ3n) is 4.84. The average Bonchev–Trinajstić information content (AvgIpc) is 3.17. The summed E-state index contributed by atoms with van der Waals surface area (Å²) in [7, 11) is 0. The predicted octanol–water partition coefficient (Wildman–Crippen LogP) is 2.40. The van der Waals surface area contributed by atoms with Gasteiger partial charge in [0.15, 0.2) is 5.65 Å². The Kier molecular flexibility index (Phi) is 4.51. The highest BCUT2D eigenvalue weighted by molar-refractivity contribution is 5.94. The van der Waals surface area contributed by atoms with Crippen molar-refractivity contribution in [1.29, 1.82) is 0 Å². The van der Waals surface area contributed by atoms with Crippen molar-refractivity contribution >= 4 is 17.4 Å². The number of fused-ring (bicyclic) bond motifs is 1. The first-order valence-electron chi connectivity index (χ1n) is 9.04. The van der Waals surface area contributed by atoms with Crippen molar-refractivity contribution in [3.8, 4) is 0 Å². The Bertz CT molecular complexity index is 899. The standard InChI is InChI=1S/C19H22N6O/c1-2-15-13-18(25-17(22-15)5-10-21-25)23-16-6-11-24(12-7-16)19(26)14-3-8-20-9-4-14/h3-5,8-10,13,16,23H,2,6-7,11-12H2,1H3. The molecule has 134 valence electrons. The number of hydrogen-bond donors (Lipinski definition) is 1. The van der Waals surface area contributed by atoms with Crippen LogP contribution in [0.25, 0.3) is 5.65 Å². The number of pyridine rings is 1. The smallest absolute Gasteiger partial charge is 0.253 e. The topological polar surface area (TPSA) is 75.4 Å². The number of nitrogens with zero attached hydrogens (tertiary/aromatic N) is 5. The Morgan fingerprint density at radius 3 is 2.69 bits per heavy atom. The van der Waals surface area contributed by atoms with Crippen molar-refractivity contribution in [2.75, 3.05) is 18.4 Å². The molecule has 1 aliphatic heterocycles. The van der Waals surface area contributed by atoms with E-state index in [1.54, 1.807) is 30.7 Å². The van der Waals surface area contributed by atoms with Gasteiger partial charge in [0.25, 0.3) is 5.91 Å². The number of amides is 1. The van der Waals surface area contributed by atoms with E-state index >= 15 is 0 Å². The van der Waals surface area contributed by atoms with Crippen molar-refractivity contribution in [1.82, 2.24) is 24.5 Å². The minimum absolute atomic E-state index is 0.0810. The zero-order valence-electron chi connectivity index (χ0n) is 14.8. The van der Waals surface area contributed by atoms with E-state index in [4.69, 9.17) is 0 Å². The molecule has 26 heavy (non-hydrogen) atoms. The first kappa shape index (κ1) is 16.5. The Morgan fingerprint density at radius 1 is 1.19 bits per heavy atom. The number of aryl methyl sites for hydroxylation is 1. The molecular formula is C19H22N6O. The summed E-state index contributed by atoms with van der Waals surface area (Å²) in [4.78, 5) is 23.0. The maximum Gasteiger partial charge on any atom is 0.253 e. The van der Waals surface area contributed by atoms with Gasteiger partial charge in [0, 0.05) is 54.9 Å². The Morgan fingerprint density at radius 2 is 1.96 bits per heavy atom. The van der Waals surface area contributed by atoms with Gasteiger partial charge in [-0.25, -0.2) is 4.98 Å². The normalized spacial score (nSPS) is 15.3. The molecular weight excluding hydrogens is 328 g/mol. The highest BCUT2D eigenvalue weighted by atomic mass is 16.2. The van der Waals surface area contributed by atoms with Crippen LogP contribution >= 0.6 is 0 Å². The molecule has 1 fully saturated rings. The number of anilines is 1. The first-order chi connectivity index (χ1) is 12.7. The fraction of sp³-hybridized carbons (Fsp3) is 0.368. The van der Waals surface area contributed by atoms with E-state index in [0.29, 0.717) is 11.6 Å². The van der Waals surface area contributed by atoms with Crippen LogP contribution in [0.15, 0.2) is 42.9 Å². The number of aromatic nitrogens is 4. The average molecular weight is 350 g/mol. The summed E-state index contributed by atoms with van der Waals surface area (Å²) in [6, 6.07) is 7.83. The molecule has 3 aromatic rings. The molecule has 4 heterocycles. The summed E-state index contributed by atoms with van der Waals surface area (Å²) in [5, 5.41) is 7.96. The Hall–Kier alpha value is -2.96. The van der Waals surface area contributed by atoms with Crippen molar-refractivity contribution < 1.29 is 4.79 Å². The van der Waals surface area contributed by atoms with Gasteiger partial charge in [0.1, 0.15) is 5.82 Å². The van der Waals surface area contributed by atoms with Crippen LogP contribution in [0.5, 0.6) is 0 Å². The summed E-state index contributed by atoms with van der Waals surface area (Å²) in [5.74, 6) is 1.05. The summed E-state index contributed by atoms with van der Waals surface area (Å²) >= 11 is 0. The molecule has 0 unspecified atom stereocenters. The second-order valence-corrected chi connectivity index (χ2v) is 6.53. The van der Waals surface area contributed by atoms with Crippen LogP contribution in [0.1, 0.15) is 35.8 Å². The highest BCUT2D eigenvalue weighted by Gasteiger charge is 2.24. The molecule has 1 N–H and O–H groups in total. The second-order valence-electron chi connectivity index (χ2n) is 6.53. The van der Waals surface area contributed by atoms with Gasteiger partial charge in [-0.3, -0.25) is 9.78 Å². The zero-order valence-corrected chi connectivity index (χ0v) is 14.8. The van der Waals surface area contributed by atoms with E-state index in [0.717, 1.165) is 49.5 Å². The molecule has 0 spiro atoms. The highest BCUT2D eigenvalue weighted by Crippen LogP contribution is 2.19. The summed E-state index contributed by atoms with van der Waals surface area (Å²) in [6.45, 7) is 3.59. The fourth-order valence-corrected chi connectivity index (χ4v) is 3.36. The van der Waals surface area contributed by atoms with Crippen molar-refractivity contribution in [2.45, 2.75) is 32.2 Å². The molecule has 0 atom stereocenters. The molecule has 4 rings (SSSR count). The monoisotopic (exact) mass is 350 g/mol. The molecule has 0 radical (unpaired) electrons. The van der Waals surface area contributed by atoms with Gasteiger partial charge in [-0.1, -0.05) is 6.92 Å². The largest absolute Gasteiger partial charge is 0.367 e. The number of nitrogens with one attached hydrogen (secondary N) is 1. The van der Waals surface area contributed by atoms with Crippen molar-refractivity contribution in [3.05, 3.63) is 54.1 Å². The number of carbonyl (C=O) groups is 1. The minimum Gasteiger partial charge on any atom is -0.367 e. The lowest BCUT2D eigenvalue weighted by molar-refractivity contribution is 0.0718. The number of rotatable bonds is 4. The van der Waals surface area contributed by atoms with E-state index < -0.39 is 0 Å². The molecule has 7 heteroatoms. The van der Waals surface area contributed by atoms with Crippen LogP contribution in [0.3, 0.4) is 0 Å². The second kappa shape index (κ2) is 7.11. The minimum atomic E-state index is 0.0810. The Labute approximate surface area is 152 Å². The number of carbonyl (C=O) groups excluding carboxylic acids is 1. The SMILES string of the molecule is CCc1cc(NC2CCN(C(=O)c3ccncc3)CC2)n2nccc2n1. The molecule has 0 bridgehead atoms. The quantitative estimate of drug-likeness (QED) is 0.782. The van der Waals surface area contributed by atoms with E-state index in [-0.39, 0.29) is 5.91 Å². The van der Waals surface area contributed by atoms with E-state index in [1.165, 1.54) is 0 Å². The summed E-state index contributed by atoms with van der Waals surface area (Å²) in [5.41, 5.74) is 2.61. The molecule has 0 aliphatic carbocycles. The maximum absolute atomic E-state index is 12.5. The van der Waals surface area contributed by atoms with Gasteiger partial charge in [-0.2, -0.15) is 9.61 Å². The lowest BCUT2D eigenvalue weighted by Crippen LogP contribution is -2.42. The van der Waals surface area contributed by atoms with Gasteiger partial charge >= 0.3 is 0 Å². The predicted molar refractivity (Wildman–Crippen MR) is 99.2 cm³/mol. The number of hydrogen-bond acceptors (Lipinski definition) is 5. The first-order valence-corrected chi connectivity index (χ1v) is 9.04. The molecule has 1 amide bonds. The van der Waals surface area contributed by atoms with E-state index in [2.05, 4.69) is 33.4 Å². The summed E-state index contributed by atoms with van der Waals surface area (Å²) in [6.07, 6.45) is 7.78. The lowest BCUT2D eigenvalue weighted by atomic mass is 10.0. The van der Waals surface area contributed by atoms with Crippen LogP contribution in [-0.2, 0) is 6.42 Å². The third kappa shape index (κ3) is 3.24. The van der Waals surface area contributed by atoms with Crippen molar-refractivity contribution in [3.63, 3.8) is 0 Å². The van der Waals surface area contributed by atoms with Crippen LogP contribution < -0.4 is 5.32 Å². The molecule has 1 saturated heterocycles. The van der Waals surface area contributed by atoms with Gasteiger partial charge < -0.3 is 10.2 Å². The maximum atomic E-state index is 12.5. The third-order valence-corrected chi connectivity index (χ3v) is 4.84. The number of piperidine rings is 1. The fourth-order valence-electron chi connectivity index (χ4n) is 3.36. The van der Waals surface area contributed by atoms with Gasteiger partial charge in [-0.05, 0) is 31.4 Å². The van der Waals surface area contributed by atoms with Crippen LogP contribution in [0.4, 0.5) is 5.82 Å². The zero-order chi connectivity index (χ0) is 17.9. The van der Waals surface area contributed by atoms with Crippen LogP contribution in [0.2, 0.25) is 0 Å². The molecule has 1 aliphatic rings. The molecule has 0 aromatic carbocycles. The molecule has 3 aromatic heterocycles. The Balaban J connectivity index is 1.43. The summed E-state index contributed by atoms with van der Waals surface area (Å²) < 4.78 is 1.84.